The number of nitrogens with zero attached hydrogens (tertiary/aromatic N) is 2. The van der Waals surface area contributed by atoms with Crippen molar-refractivity contribution < 1.29 is 17.6 Å². The summed E-state index contributed by atoms with van der Waals surface area (Å²) in [7, 11) is -3.47. The molecule has 0 spiro atoms. The first-order valence-electron chi connectivity index (χ1n) is 9.24. The molecule has 1 amide bonds. The minimum absolute atomic E-state index is 0.0185. The number of nitrogens with one attached hydrogen (secondary N) is 1. The van der Waals surface area contributed by atoms with Crippen molar-refractivity contribution >= 4 is 16.1 Å². The Morgan fingerprint density at radius 3 is 2.50 bits per heavy atom. The smallest absolute Gasteiger partial charge is 0.279 e. The van der Waals surface area contributed by atoms with Crippen LogP contribution >= 0.6 is 0 Å². The lowest BCUT2D eigenvalue weighted by Gasteiger charge is -2.34. The van der Waals surface area contributed by atoms with E-state index in [2.05, 4.69) is 4.72 Å². The van der Waals surface area contributed by atoms with Crippen molar-refractivity contribution in [3.8, 4) is 0 Å². The van der Waals surface area contributed by atoms with Gasteiger partial charge >= 0.3 is 0 Å². The van der Waals surface area contributed by atoms with E-state index in [1.165, 1.54) is 16.4 Å². The Hall–Kier alpha value is -1.51. The molecule has 0 atom stereocenters. The van der Waals surface area contributed by atoms with Gasteiger partial charge in [0.1, 0.15) is 5.82 Å². The molecule has 1 aromatic rings. The maximum absolute atomic E-state index is 13.2. The lowest BCUT2D eigenvalue weighted by Crippen LogP contribution is -2.54. The van der Waals surface area contributed by atoms with Crippen molar-refractivity contribution in [3.05, 3.63) is 35.6 Å². The van der Waals surface area contributed by atoms with Gasteiger partial charge in [0, 0.05) is 38.6 Å². The quantitative estimate of drug-likeness (QED) is 0.813. The minimum Gasteiger partial charge on any atom is -0.340 e. The molecule has 3 rings (SSSR count). The maximum Gasteiger partial charge on any atom is 0.279 e. The molecule has 26 heavy (non-hydrogen) atoms. The van der Waals surface area contributed by atoms with Crippen molar-refractivity contribution in [3.63, 3.8) is 0 Å². The van der Waals surface area contributed by atoms with Gasteiger partial charge in [-0.2, -0.15) is 17.4 Å². The Kier molecular flexibility index (Phi) is 6.26. The monoisotopic (exact) mass is 383 g/mol. The molecule has 1 aliphatic heterocycles. The number of benzene rings is 1. The number of rotatable bonds is 6. The van der Waals surface area contributed by atoms with Gasteiger partial charge in [0.05, 0.1) is 0 Å². The average Bonchev–Trinajstić information content (AvgIpc) is 3.12. The predicted molar refractivity (Wildman–Crippen MR) is 97.2 cm³/mol. The number of hydrogen-bond donors (Lipinski definition) is 1. The molecule has 0 bridgehead atoms. The molecule has 1 aromatic carbocycles. The lowest BCUT2D eigenvalue weighted by atomic mass is 10.1. The SMILES string of the molecule is O=C(CCc1cccc(F)c1)N1CCN(S(=O)(=O)NC2CCCC2)CC1. The van der Waals surface area contributed by atoms with E-state index in [9.17, 15) is 17.6 Å². The van der Waals surface area contributed by atoms with Crippen LogP contribution in [0.3, 0.4) is 0 Å². The highest BCUT2D eigenvalue weighted by atomic mass is 32.2. The van der Waals surface area contributed by atoms with E-state index in [0.29, 0.717) is 39.0 Å². The van der Waals surface area contributed by atoms with Gasteiger partial charge in [-0.25, -0.2) is 4.39 Å². The molecular formula is C18H26FN3O3S. The van der Waals surface area contributed by atoms with Crippen LogP contribution in [0.5, 0.6) is 0 Å². The number of piperazine rings is 1. The molecule has 0 aromatic heterocycles. The number of hydrogen-bond acceptors (Lipinski definition) is 3. The summed E-state index contributed by atoms with van der Waals surface area (Å²) in [5, 5.41) is 0. The topological polar surface area (TPSA) is 69.7 Å². The number of carbonyl (C=O) groups is 1. The van der Waals surface area contributed by atoms with Crippen LogP contribution in [0.4, 0.5) is 4.39 Å². The molecular weight excluding hydrogens is 357 g/mol. The highest BCUT2D eigenvalue weighted by Crippen LogP contribution is 2.19. The summed E-state index contributed by atoms with van der Waals surface area (Å²) in [5.41, 5.74) is 0.792. The summed E-state index contributed by atoms with van der Waals surface area (Å²) in [6.45, 7) is 1.42. The second-order valence-electron chi connectivity index (χ2n) is 7.01. The van der Waals surface area contributed by atoms with Gasteiger partial charge in [-0.05, 0) is 37.0 Å². The fourth-order valence-electron chi connectivity index (χ4n) is 3.61. The van der Waals surface area contributed by atoms with E-state index in [-0.39, 0.29) is 17.8 Å². The minimum atomic E-state index is -3.47. The zero-order valence-corrected chi connectivity index (χ0v) is 15.7. The van der Waals surface area contributed by atoms with Crippen LogP contribution in [0.1, 0.15) is 37.7 Å². The second-order valence-corrected chi connectivity index (χ2v) is 8.72. The fraction of sp³-hybridized carbons (Fsp3) is 0.611. The Morgan fingerprint density at radius 2 is 1.85 bits per heavy atom. The third-order valence-electron chi connectivity index (χ3n) is 5.12. The summed E-state index contributed by atoms with van der Waals surface area (Å²) in [6.07, 6.45) is 4.73. The molecule has 2 fully saturated rings. The molecule has 6 nitrogen and oxygen atoms in total. The Labute approximate surface area is 154 Å². The largest absolute Gasteiger partial charge is 0.340 e. The van der Waals surface area contributed by atoms with Gasteiger partial charge in [0.2, 0.25) is 5.91 Å². The molecule has 1 heterocycles. The van der Waals surface area contributed by atoms with Gasteiger partial charge in [-0.3, -0.25) is 4.79 Å². The normalized spacial score (nSPS) is 19.8. The van der Waals surface area contributed by atoms with Crippen molar-refractivity contribution in [1.82, 2.24) is 13.9 Å². The number of aryl methyl sites for hydroxylation is 1. The summed E-state index contributed by atoms with van der Waals surface area (Å²) in [4.78, 5) is 14.0. The van der Waals surface area contributed by atoms with E-state index < -0.39 is 10.2 Å². The Bertz CT molecular complexity index is 727. The highest BCUT2D eigenvalue weighted by molar-refractivity contribution is 7.87. The van der Waals surface area contributed by atoms with Crippen LogP contribution in [0.25, 0.3) is 0 Å². The van der Waals surface area contributed by atoms with E-state index in [1.807, 2.05) is 0 Å². The third kappa shape index (κ3) is 5.02. The Balaban J connectivity index is 1.46. The van der Waals surface area contributed by atoms with Gasteiger partial charge in [0.15, 0.2) is 0 Å². The maximum atomic E-state index is 13.2. The lowest BCUT2D eigenvalue weighted by molar-refractivity contribution is -0.132. The molecule has 1 N–H and O–H groups in total. The zero-order chi connectivity index (χ0) is 18.6. The number of carbonyl (C=O) groups excluding carboxylic acids is 1. The molecule has 0 unspecified atom stereocenters. The number of amides is 1. The van der Waals surface area contributed by atoms with Gasteiger partial charge in [-0.1, -0.05) is 25.0 Å². The first kappa shape index (κ1) is 19.3. The van der Waals surface area contributed by atoms with Crippen molar-refractivity contribution in [2.75, 3.05) is 26.2 Å². The van der Waals surface area contributed by atoms with Gasteiger partial charge in [-0.15, -0.1) is 0 Å². The van der Waals surface area contributed by atoms with Crippen molar-refractivity contribution in [2.24, 2.45) is 0 Å². The number of halogens is 1. The fourth-order valence-corrected chi connectivity index (χ4v) is 5.06. The predicted octanol–water partition coefficient (Wildman–Crippen LogP) is 1.68. The van der Waals surface area contributed by atoms with E-state index in [4.69, 9.17) is 0 Å². The zero-order valence-electron chi connectivity index (χ0n) is 14.9. The summed E-state index contributed by atoms with van der Waals surface area (Å²) in [5.74, 6) is -0.321. The standard InChI is InChI=1S/C18H26FN3O3S/c19-16-5-3-4-15(14-16)8-9-18(23)21-10-12-22(13-11-21)26(24,25)20-17-6-1-2-7-17/h3-5,14,17,20H,1-2,6-13H2. The first-order chi connectivity index (χ1) is 12.4. The molecule has 0 radical (unpaired) electrons. The van der Waals surface area contributed by atoms with E-state index in [0.717, 1.165) is 31.2 Å². The van der Waals surface area contributed by atoms with Crippen LogP contribution in [0, 0.1) is 5.82 Å². The third-order valence-corrected chi connectivity index (χ3v) is 6.79. The van der Waals surface area contributed by atoms with Crippen LogP contribution < -0.4 is 4.72 Å². The molecule has 1 saturated carbocycles. The van der Waals surface area contributed by atoms with E-state index >= 15 is 0 Å². The van der Waals surface area contributed by atoms with Crippen LogP contribution in [0.15, 0.2) is 24.3 Å². The summed E-state index contributed by atoms with van der Waals surface area (Å²) >= 11 is 0. The summed E-state index contributed by atoms with van der Waals surface area (Å²) < 4.78 is 42.3. The van der Waals surface area contributed by atoms with Gasteiger partial charge in [0.25, 0.3) is 10.2 Å². The van der Waals surface area contributed by atoms with Crippen LogP contribution in [-0.4, -0.2) is 55.8 Å². The first-order valence-corrected chi connectivity index (χ1v) is 10.7. The molecule has 1 saturated heterocycles. The van der Waals surface area contributed by atoms with Crippen LogP contribution in [0.2, 0.25) is 0 Å². The van der Waals surface area contributed by atoms with Crippen LogP contribution in [-0.2, 0) is 21.4 Å². The molecule has 1 aliphatic carbocycles. The summed E-state index contributed by atoms with van der Waals surface area (Å²) in [6, 6.07) is 6.30. The molecule has 8 heteroatoms. The molecule has 144 valence electrons. The average molecular weight is 383 g/mol. The highest BCUT2D eigenvalue weighted by Gasteiger charge is 2.31. The second kappa shape index (κ2) is 8.45. The molecule has 2 aliphatic rings. The van der Waals surface area contributed by atoms with E-state index in [1.54, 1.807) is 17.0 Å². The Morgan fingerprint density at radius 1 is 1.15 bits per heavy atom. The van der Waals surface area contributed by atoms with Crippen molar-refractivity contribution in [1.29, 1.82) is 0 Å². The van der Waals surface area contributed by atoms with Crippen molar-refractivity contribution in [2.45, 2.75) is 44.6 Å². The van der Waals surface area contributed by atoms with Gasteiger partial charge < -0.3 is 4.90 Å².